The van der Waals surface area contributed by atoms with Crippen LogP contribution in [0.5, 0.6) is 0 Å². The van der Waals surface area contributed by atoms with Gasteiger partial charge in [-0.05, 0) is 43.9 Å². The molecular weight excluding hydrogens is 272 g/mol. The first-order valence-corrected chi connectivity index (χ1v) is 8.29. The molecule has 3 nitrogen and oxygen atoms in total. The highest BCUT2D eigenvalue weighted by molar-refractivity contribution is 7.99. The first kappa shape index (κ1) is 14.0. The Bertz CT molecular complexity index is 494. The van der Waals surface area contributed by atoms with E-state index in [0.29, 0.717) is 11.7 Å². The molecule has 1 aromatic carbocycles. The third-order valence-corrected chi connectivity index (χ3v) is 5.50. The van der Waals surface area contributed by atoms with E-state index in [4.69, 9.17) is 9.84 Å². The lowest BCUT2D eigenvalue weighted by molar-refractivity contribution is -0.0267. The average Bonchev–Trinajstić information content (AvgIpc) is 3.08. The molecule has 0 amide bonds. The number of hydrogen-bond acceptors (Lipinski definition) is 3. The molecule has 2 fully saturated rings. The Labute approximate surface area is 123 Å². The van der Waals surface area contributed by atoms with Gasteiger partial charge in [0.1, 0.15) is 0 Å². The molecule has 20 heavy (non-hydrogen) atoms. The second-order valence-electron chi connectivity index (χ2n) is 5.81. The normalized spacial score (nSPS) is 24.3. The Morgan fingerprint density at radius 2 is 2.15 bits per heavy atom. The van der Waals surface area contributed by atoms with E-state index >= 15 is 0 Å². The smallest absolute Gasteiger partial charge is 0.335 e. The fraction of sp³-hybridized carbons (Fsp3) is 0.562. The van der Waals surface area contributed by atoms with E-state index in [9.17, 15) is 4.79 Å². The third kappa shape index (κ3) is 3.01. The van der Waals surface area contributed by atoms with E-state index in [1.54, 1.807) is 30.0 Å². The van der Waals surface area contributed by atoms with Crippen molar-refractivity contribution >= 4 is 17.7 Å². The van der Waals surface area contributed by atoms with Crippen molar-refractivity contribution in [1.29, 1.82) is 0 Å². The van der Waals surface area contributed by atoms with Gasteiger partial charge in [0.25, 0.3) is 0 Å². The standard InChI is InChI=1S/C16H20O3S/c17-15(18)12-4-3-5-14(10-12)20-11-13-6-9-16(19-13)7-1-2-8-16/h3-5,10,13H,1-2,6-9,11H2,(H,17,18). The summed E-state index contributed by atoms with van der Waals surface area (Å²) in [5, 5.41) is 8.99. The lowest BCUT2D eigenvalue weighted by Crippen LogP contribution is -2.25. The topological polar surface area (TPSA) is 46.5 Å². The van der Waals surface area contributed by atoms with Gasteiger partial charge in [-0.2, -0.15) is 0 Å². The second-order valence-corrected chi connectivity index (χ2v) is 6.91. The van der Waals surface area contributed by atoms with Gasteiger partial charge in [0.05, 0.1) is 17.3 Å². The van der Waals surface area contributed by atoms with E-state index < -0.39 is 5.97 Å². The van der Waals surface area contributed by atoms with E-state index in [0.717, 1.165) is 17.1 Å². The quantitative estimate of drug-likeness (QED) is 0.853. The van der Waals surface area contributed by atoms with Crippen molar-refractivity contribution in [1.82, 2.24) is 0 Å². The summed E-state index contributed by atoms with van der Waals surface area (Å²) in [5.41, 5.74) is 0.545. The maximum absolute atomic E-state index is 10.9. The number of ether oxygens (including phenoxy) is 1. The predicted molar refractivity (Wildman–Crippen MR) is 79.4 cm³/mol. The van der Waals surface area contributed by atoms with Crippen molar-refractivity contribution in [2.24, 2.45) is 0 Å². The number of rotatable bonds is 4. The molecular formula is C16H20O3S. The van der Waals surface area contributed by atoms with Crippen LogP contribution in [0.1, 0.15) is 48.9 Å². The van der Waals surface area contributed by atoms with Crippen LogP contribution in [0.2, 0.25) is 0 Å². The molecule has 108 valence electrons. The molecule has 1 unspecified atom stereocenters. The summed E-state index contributed by atoms with van der Waals surface area (Å²) < 4.78 is 6.27. The van der Waals surface area contributed by atoms with Crippen LogP contribution in [0.3, 0.4) is 0 Å². The first-order chi connectivity index (χ1) is 9.67. The summed E-state index contributed by atoms with van der Waals surface area (Å²) in [4.78, 5) is 12.0. The summed E-state index contributed by atoms with van der Waals surface area (Å²) in [6.07, 6.45) is 7.73. The minimum Gasteiger partial charge on any atom is -0.478 e. The fourth-order valence-electron chi connectivity index (χ4n) is 3.31. The van der Waals surface area contributed by atoms with Crippen LogP contribution in [0.4, 0.5) is 0 Å². The highest BCUT2D eigenvalue weighted by atomic mass is 32.2. The maximum Gasteiger partial charge on any atom is 0.335 e. The summed E-state index contributed by atoms with van der Waals surface area (Å²) in [6.45, 7) is 0. The van der Waals surface area contributed by atoms with Gasteiger partial charge < -0.3 is 9.84 Å². The van der Waals surface area contributed by atoms with E-state index in [2.05, 4.69) is 0 Å². The second kappa shape index (κ2) is 5.78. The molecule has 1 atom stereocenters. The third-order valence-electron chi connectivity index (χ3n) is 4.37. The van der Waals surface area contributed by atoms with E-state index in [-0.39, 0.29) is 5.60 Å². The SMILES string of the molecule is O=C(O)c1cccc(SCC2CCC3(CCCC3)O2)c1. The number of hydrogen-bond donors (Lipinski definition) is 1. The molecule has 1 aliphatic heterocycles. The Morgan fingerprint density at radius 1 is 1.35 bits per heavy atom. The molecule has 1 aliphatic carbocycles. The summed E-state index contributed by atoms with van der Waals surface area (Å²) in [7, 11) is 0. The maximum atomic E-state index is 10.9. The highest BCUT2D eigenvalue weighted by Gasteiger charge is 2.41. The van der Waals surface area contributed by atoms with E-state index in [1.807, 2.05) is 6.07 Å². The number of carboxylic acids is 1. The molecule has 1 saturated heterocycles. The van der Waals surface area contributed by atoms with Gasteiger partial charge >= 0.3 is 5.97 Å². The van der Waals surface area contributed by atoms with Crippen LogP contribution in [-0.2, 0) is 4.74 Å². The number of carbonyl (C=O) groups is 1. The van der Waals surface area contributed by atoms with Crippen molar-refractivity contribution < 1.29 is 14.6 Å². The van der Waals surface area contributed by atoms with Crippen LogP contribution < -0.4 is 0 Å². The molecule has 1 heterocycles. The lowest BCUT2D eigenvalue weighted by atomic mass is 9.98. The van der Waals surface area contributed by atoms with Gasteiger partial charge in [0.2, 0.25) is 0 Å². The first-order valence-electron chi connectivity index (χ1n) is 7.31. The number of benzene rings is 1. The van der Waals surface area contributed by atoms with E-state index in [1.165, 1.54) is 32.1 Å². The van der Waals surface area contributed by atoms with Gasteiger partial charge in [0, 0.05) is 10.6 Å². The fourth-order valence-corrected chi connectivity index (χ4v) is 4.31. The van der Waals surface area contributed by atoms with Gasteiger partial charge in [-0.15, -0.1) is 11.8 Å². The van der Waals surface area contributed by atoms with Gasteiger partial charge in [-0.3, -0.25) is 0 Å². The Balaban J connectivity index is 1.55. The van der Waals surface area contributed by atoms with Crippen LogP contribution in [0.15, 0.2) is 29.2 Å². The molecule has 0 radical (unpaired) electrons. The Morgan fingerprint density at radius 3 is 2.90 bits per heavy atom. The monoisotopic (exact) mass is 292 g/mol. The van der Waals surface area contributed by atoms with Crippen LogP contribution in [0, 0.1) is 0 Å². The molecule has 1 saturated carbocycles. The Kier molecular flexibility index (Phi) is 4.03. The molecule has 4 heteroatoms. The zero-order chi connectivity index (χ0) is 14.0. The molecule has 0 bridgehead atoms. The van der Waals surface area contributed by atoms with Crippen molar-refractivity contribution in [3.05, 3.63) is 29.8 Å². The number of aromatic carboxylic acids is 1. The molecule has 2 aliphatic rings. The lowest BCUT2D eigenvalue weighted by Gasteiger charge is -2.23. The van der Waals surface area contributed by atoms with Crippen LogP contribution in [0.25, 0.3) is 0 Å². The summed E-state index contributed by atoms with van der Waals surface area (Å²) in [6, 6.07) is 7.15. The molecule has 1 aromatic rings. The molecule has 1 N–H and O–H groups in total. The van der Waals surface area contributed by atoms with Crippen molar-refractivity contribution in [2.75, 3.05) is 5.75 Å². The summed E-state index contributed by atoms with van der Waals surface area (Å²) >= 11 is 1.70. The highest BCUT2D eigenvalue weighted by Crippen LogP contribution is 2.44. The van der Waals surface area contributed by atoms with Crippen LogP contribution >= 0.6 is 11.8 Å². The van der Waals surface area contributed by atoms with Crippen molar-refractivity contribution in [3.63, 3.8) is 0 Å². The summed E-state index contributed by atoms with van der Waals surface area (Å²) in [5.74, 6) is 0.0552. The van der Waals surface area contributed by atoms with Crippen LogP contribution in [-0.4, -0.2) is 28.5 Å². The zero-order valence-corrected chi connectivity index (χ0v) is 12.3. The Hall–Kier alpha value is -1.00. The largest absolute Gasteiger partial charge is 0.478 e. The average molecular weight is 292 g/mol. The minimum absolute atomic E-state index is 0.189. The predicted octanol–water partition coefficient (Wildman–Crippen LogP) is 3.97. The van der Waals surface area contributed by atoms with Gasteiger partial charge in [-0.25, -0.2) is 4.79 Å². The molecule has 3 rings (SSSR count). The minimum atomic E-state index is -0.866. The zero-order valence-electron chi connectivity index (χ0n) is 11.5. The molecule has 1 spiro atoms. The van der Waals surface area contributed by atoms with Crippen molar-refractivity contribution in [2.45, 2.75) is 55.1 Å². The molecule has 0 aromatic heterocycles. The van der Waals surface area contributed by atoms with Gasteiger partial charge in [-0.1, -0.05) is 18.9 Å². The van der Waals surface area contributed by atoms with Crippen molar-refractivity contribution in [3.8, 4) is 0 Å². The number of thioether (sulfide) groups is 1. The number of carboxylic acid groups (broad SMARTS) is 1. The van der Waals surface area contributed by atoms with Gasteiger partial charge in [0.15, 0.2) is 0 Å².